The second kappa shape index (κ2) is 5.68. The minimum absolute atomic E-state index is 0.250. The van der Waals surface area contributed by atoms with E-state index in [1.165, 1.54) is 6.33 Å². The number of benzene rings is 1. The van der Waals surface area contributed by atoms with E-state index in [4.69, 9.17) is 4.42 Å². The van der Waals surface area contributed by atoms with Crippen LogP contribution in [0.25, 0.3) is 11.1 Å². The van der Waals surface area contributed by atoms with E-state index in [2.05, 4.69) is 19.9 Å². The van der Waals surface area contributed by atoms with Gasteiger partial charge >= 0.3 is 0 Å². The summed E-state index contributed by atoms with van der Waals surface area (Å²) < 4.78 is 20.5. The third-order valence-corrected chi connectivity index (χ3v) is 4.89. The number of hydrogen-bond acceptors (Lipinski definition) is 6. The van der Waals surface area contributed by atoms with Gasteiger partial charge in [0.25, 0.3) is 6.01 Å². The molecule has 1 aliphatic carbocycles. The Balaban J connectivity index is 1.33. The van der Waals surface area contributed by atoms with E-state index in [1.54, 1.807) is 0 Å². The molecule has 2 aromatic heterocycles. The third-order valence-electron chi connectivity index (χ3n) is 4.89. The van der Waals surface area contributed by atoms with Gasteiger partial charge in [0.2, 0.25) is 0 Å². The summed E-state index contributed by atoms with van der Waals surface area (Å²) in [6.07, 6.45) is 3.54. The summed E-state index contributed by atoms with van der Waals surface area (Å²) in [6, 6.07) is 8.36. The van der Waals surface area contributed by atoms with E-state index >= 15 is 0 Å². The fourth-order valence-electron chi connectivity index (χ4n) is 3.34. The summed E-state index contributed by atoms with van der Waals surface area (Å²) in [6.45, 7) is 2.79. The first-order chi connectivity index (χ1) is 12.3. The number of anilines is 2. The number of rotatable bonds is 3. The molecule has 0 radical (unpaired) electrons. The van der Waals surface area contributed by atoms with Crippen molar-refractivity contribution in [1.29, 1.82) is 0 Å². The van der Waals surface area contributed by atoms with Crippen LogP contribution >= 0.6 is 0 Å². The lowest BCUT2D eigenvalue weighted by Gasteiger charge is -2.34. The summed E-state index contributed by atoms with van der Waals surface area (Å²) in [7, 11) is 0. The molecule has 3 aromatic rings. The highest BCUT2D eigenvalue weighted by atomic mass is 19.1. The van der Waals surface area contributed by atoms with Crippen LogP contribution in [0.4, 0.5) is 16.2 Å². The molecule has 0 spiro atoms. The number of piperazine rings is 1. The monoisotopic (exact) mass is 339 g/mol. The highest BCUT2D eigenvalue weighted by molar-refractivity contribution is 5.74. The summed E-state index contributed by atoms with van der Waals surface area (Å²) in [5.41, 5.74) is 2.22. The number of para-hydroxylation sites is 2. The molecule has 5 rings (SSSR count). The zero-order valence-corrected chi connectivity index (χ0v) is 13.7. The fourth-order valence-corrected chi connectivity index (χ4v) is 3.34. The van der Waals surface area contributed by atoms with Crippen molar-refractivity contribution in [2.75, 3.05) is 36.0 Å². The van der Waals surface area contributed by atoms with Crippen LogP contribution in [0.15, 0.2) is 35.0 Å². The Kier molecular flexibility index (Phi) is 3.33. The fraction of sp³-hybridized carbons (Fsp3) is 0.389. The Hall–Kier alpha value is -2.70. The van der Waals surface area contributed by atoms with Gasteiger partial charge in [-0.1, -0.05) is 12.1 Å². The first kappa shape index (κ1) is 14.6. The maximum atomic E-state index is 14.7. The maximum absolute atomic E-state index is 14.7. The summed E-state index contributed by atoms with van der Waals surface area (Å²) in [4.78, 5) is 16.9. The standard InChI is InChI=1S/C18H18FN5O/c19-15-16(12-5-6-12)20-11-21-17(15)23-7-9-24(10-8-23)18-22-13-3-1-2-4-14(13)25-18/h1-4,11-12H,5-10H2. The number of oxazole rings is 1. The van der Waals surface area contributed by atoms with Gasteiger partial charge in [-0.05, 0) is 25.0 Å². The average Bonchev–Trinajstić information content (AvgIpc) is 3.40. The molecule has 3 heterocycles. The smallest absolute Gasteiger partial charge is 0.298 e. The molecule has 128 valence electrons. The molecular weight excluding hydrogens is 321 g/mol. The zero-order valence-electron chi connectivity index (χ0n) is 13.7. The molecule has 7 heteroatoms. The lowest BCUT2D eigenvalue weighted by Crippen LogP contribution is -2.47. The van der Waals surface area contributed by atoms with Crippen LogP contribution in [0.2, 0.25) is 0 Å². The highest BCUT2D eigenvalue weighted by Gasteiger charge is 2.31. The maximum Gasteiger partial charge on any atom is 0.298 e. The van der Waals surface area contributed by atoms with Crippen molar-refractivity contribution < 1.29 is 8.81 Å². The number of nitrogens with zero attached hydrogens (tertiary/aromatic N) is 5. The molecule has 6 nitrogen and oxygen atoms in total. The van der Waals surface area contributed by atoms with Crippen molar-refractivity contribution in [3.05, 3.63) is 42.1 Å². The average molecular weight is 339 g/mol. The van der Waals surface area contributed by atoms with Crippen LogP contribution in [0.1, 0.15) is 24.5 Å². The van der Waals surface area contributed by atoms with Gasteiger partial charge in [-0.3, -0.25) is 0 Å². The van der Waals surface area contributed by atoms with E-state index in [1.807, 2.05) is 29.2 Å². The zero-order chi connectivity index (χ0) is 16.8. The van der Waals surface area contributed by atoms with E-state index < -0.39 is 0 Å². The van der Waals surface area contributed by atoms with Crippen LogP contribution in [-0.2, 0) is 0 Å². The van der Waals surface area contributed by atoms with Gasteiger partial charge in [-0.15, -0.1) is 0 Å². The number of hydrogen-bond donors (Lipinski definition) is 0. The van der Waals surface area contributed by atoms with E-state index in [9.17, 15) is 4.39 Å². The largest absolute Gasteiger partial charge is 0.423 e. The van der Waals surface area contributed by atoms with Gasteiger partial charge in [0, 0.05) is 32.1 Å². The van der Waals surface area contributed by atoms with Gasteiger partial charge in [0.1, 0.15) is 11.8 Å². The molecule has 0 N–H and O–H groups in total. The van der Waals surface area contributed by atoms with Gasteiger partial charge in [-0.2, -0.15) is 4.98 Å². The van der Waals surface area contributed by atoms with E-state index in [0.29, 0.717) is 30.6 Å². The Bertz CT molecular complexity index is 882. The number of halogens is 1. The van der Waals surface area contributed by atoms with Crippen LogP contribution in [0.3, 0.4) is 0 Å². The van der Waals surface area contributed by atoms with Crippen LogP contribution < -0.4 is 9.80 Å². The van der Waals surface area contributed by atoms with Crippen LogP contribution in [0.5, 0.6) is 0 Å². The Labute approximate surface area is 144 Å². The predicted molar refractivity (Wildman–Crippen MR) is 92.4 cm³/mol. The summed E-state index contributed by atoms with van der Waals surface area (Å²) in [5, 5.41) is 0. The minimum atomic E-state index is -0.250. The second-order valence-corrected chi connectivity index (χ2v) is 6.61. The topological polar surface area (TPSA) is 58.3 Å². The molecule has 2 aliphatic rings. The molecular formula is C18H18FN5O. The van der Waals surface area contributed by atoms with E-state index in [-0.39, 0.29) is 11.7 Å². The van der Waals surface area contributed by atoms with Crippen molar-refractivity contribution in [3.8, 4) is 0 Å². The number of fused-ring (bicyclic) bond motifs is 1. The molecule has 0 unspecified atom stereocenters. The summed E-state index contributed by atoms with van der Waals surface area (Å²) in [5.74, 6) is 0.456. The van der Waals surface area contributed by atoms with Gasteiger partial charge in [0.05, 0.1) is 5.69 Å². The molecule has 1 aromatic carbocycles. The first-order valence-corrected chi connectivity index (χ1v) is 8.65. The van der Waals surface area contributed by atoms with Crippen molar-refractivity contribution in [1.82, 2.24) is 15.0 Å². The molecule has 1 saturated carbocycles. The Morgan fingerprint density at radius 1 is 1.00 bits per heavy atom. The normalized spacial score (nSPS) is 18.1. The minimum Gasteiger partial charge on any atom is -0.423 e. The lowest BCUT2D eigenvalue weighted by molar-refractivity contribution is 0.529. The second-order valence-electron chi connectivity index (χ2n) is 6.61. The molecule has 0 amide bonds. The van der Waals surface area contributed by atoms with Crippen LogP contribution in [0, 0.1) is 5.82 Å². The van der Waals surface area contributed by atoms with Gasteiger partial charge in [0.15, 0.2) is 17.2 Å². The molecule has 25 heavy (non-hydrogen) atoms. The van der Waals surface area contributed by atoms with Gasteiger partial charge in [-0.25, -0.2) is 14.4 Å². The molecule has 1 saturated heterocycles. The molecule has 1 aliphatic heterocycles. The summed E-state index contributed by atoms with van der Waals surface area (Å²) >= 11 is 0. The van der Waals surface area contributed by atoms with Crippen molar-refractivity contribution in [2.45, 2.75) is 18.8 Å². The highest BCUT2D eigenvalue weighted by Crippen LogP contribution is 2.41. The molecule has 0 bridgehead atoms. The number of aromatic nitrogens is 3. The van der Waals surface area contributed by atoms with Gasteiger partial charge < -0.3 is 14.2 Å². The van der Waals surface area contributed by atoms with Crippen molar-refractivity contribution in [3.63, 3.8) is 0 Å². The predicted octanol–water partition coefficient (Wildman–Crippen LogP) is 2.96. The first-order valence-electron chi connectivity index (χ1n) is 8.65. The van der Waals surface area contributed by atoms with Crippen molar-refractivity contribution in [2.24, 2.45) is 0 Å². The Morgan fingerprint density at radius 2 is 1.76 bits per heavy atom. The Morgan fingerprint density at radius 3 is 2.52 bits per heavy atom. The SMILES string of the molecule is Fc1c(C2CC2)ncnc1N1CCN(c2nc3ccccc3o2)CC1. The molecule has 0 atom stereocenters. The van der Waals surface area contributed by atoms with Crippen molar-refractivity contribution >= 4 is 22.9 Å². The quantitative estimate of drug-likeness (QED) is 0.731. The van der Waals surface area contributed by atoms with E-state index in [0.717, 1.165) is 37.0 Å². The van der Waals surface area contributed by atoms with Crippen LogP contribution in [-0.4, -0.2) is 41.1 Å². The third kappa shape index (κ3) is 2.59. The molecule has 2 fully saturated rings. The lowest BCUT2D eigenvalue weighted by atomic mass is 10.2.